The summed E-state index contributed by atoms with van der Waals surface area (Å²) < 4.78 is 8.81. The van der Waals surface area contributed by atoms with Crippen molar-refractivity contribution in [2.45, 2.75) is 135 Å². The molecular weight excluding hydrogens is 1350 g/mol. The van der Waals surface area contributed by atoms with Gasteiger partial charge >= 0.3 is 50.9 Å². The van der Waals surface area contributed by atoms with Crippen molar-refractivity contribution >= 4 is 83.1 Å². The number of esters is 2. The average Bonchev–Trinajstić information content (AvgIpc) is 4.22. The van der Waals surface area contributed by atoms with Crippen LogP contribution in [-0.4, -0.2) is 140 Å². The van der Waals surface area contributed by atoms with Gasteiger partial charge in [-0.25, -0.2) is 0 Å². The second-order valence-corrected chi connectivity index (χ2v) is 24.3. The van der Waals surface area contributed by atoms with Crippen molar-refractivity contribution in [3.63, 3.8) is 0 Å². The normalized spacial score (nSPS) is 14.9. The molecule has 0 saturated carbocycles. The first-order chi connectivity index (χ1) is 40.5. The van der Waals surface area contributed by atoms with Crippen LogP contribution in [0.5, 0.6) is 0 Å². The quantitative estimate of drug-likeness (QED) is 0.125. The predicted octanol–water partition coefficient (Wildman–Crippen LogP) is 2.92. The van der Waals surface area contributed by atoms with Crippen LogP contribution in [0.15, 0.2) is 97.1 Å². The number of carboxylic acid groups (broad SMARTS) is 4. The molecule has 4 aromatic rings. The third-order valence-corrected chi connectivity index (χ3v) is 13.2. The Kier molecular flexibility index (Phi) is 28.5. The average molecular weight is 1420 g/mol. The Morgan fingerprint density at radius 2 is 0.444 bits per heavy atom. The molecule has 4 heterocycles. The van der Waals surface area contributed by atoms with Crippen molar-refractivity contribution in [3.05, 3.63) is 142 Å². The first-order valence-electron chi connectivity index (χ1n) is 27.5. The smallest absolute Gasteiger partial charge is 0.548 e. The second-order valence-electron chi connectivity index (χ2n) is 24.3. The molecule has 8 amide bonds. The molecule has 0 bridgehead atoms. The summed E-state index contributed by atoms with van der Waals surface area (Å²) in [7, 11) is 0. The molecule has 24 nitrogen and oxygen atoms in total. The van der Waals surface area contributed by atoms with Crippen molar-refractivity contribution in [1.29, 1.82) is 0 Å². The summed E-state index contributed by atoms with van der Waals surface area (Å²) in [5.41, 5.74) is -1.29. The summed E-state index contributed by atoms with van der Waals surface area (Å²) in [6.07, 6.45) is 0. The second kappa shape index (κ2) is 32.3. The summed E-state index contributed by atoms with van der Waals surface area (Å²) in [5.74, 6) is -10.8. The molecule has 4 aromatic carbocycles. The number of benzene rings is 4. The molecule has 0 aliphatic carbocycles. The van der Waals surface area contributed by atoms with Gasteiger partial charge in [0, 0.05) is 13.8 Å². The Morgan fingerprint density at radius 1 is 0.322 bits per heavy atom. The van der Waals surface area contributed by atoms with Crippen LogP contribution in [0.3, 0.4) is 0 Å². The first-order valence-corrected chi connectivity index (χ1v) is 27.5. The van der Waals surface area contributed by atoms with Gasteiger partial charge in [0.05, 0.1) is 106 Å². The zero-order valence-electron chi connectivity index (χ0n) is 52.6. The maximum Gasteiger partial charge on any atom is 2.00 e. The minimum atomic E-state index is -1.43. The van der Waals surface area contributed by atoms with Crippen LogP contribution in [-0.2, 0) is 77.2 Å². The fraction of sp³-hybridized carbons (Fsp3) is 0.406. The van der Waals surface area contributed by atoms with Crippen molar-refractivity contribution in [3.8, 4) is 0 Å². The number of amides is 8. The SMILES string of the molecule is CC(C)(C)[C@@H](C(=O)[O-])N1C(=O)c2ccccc2C1=O.CC(C)(C)[C@@H](C(=O)[O-])N1C(=O)c2ccccc2C1=O.CC(C)(C)[C@@H](C(=O)[O-])N1C(=O)c2ccccc2C1=O.CC(C)(C)[C@@H](C(=O)[O-])N1C(=O)c2ccccc2C1=O.CCOC(C)=O.CCOC(C)=O.[Rh+2].[Rh+2]. The van der Waals surface area contributed by atoms with Crippen molar-refractivity contribution in [2.75, 3.05) is 13.2 Å². The Hall–Kier alpha value is -8.49. The van der Waals surface area contributed by atoms with Crippen LogP contribution in [0.25, 0.3) is 0 Å². The van der Waals surface area contributed by atoms with Crippen molar-refractivity contribution < 1.29 is 136 Å². The maximum absolute atomic E-state index is 12.2. The van der Waals surface area contributed by atoms with E-state index < -0.39 is 117 Å². The van der Waals surface area contributed by atoms with Gasteiger partial charge in [-0.3, -0.25) is 67.5 Å². The van der Waals surface area contributed by atoms with Gasteiger partial charge in [-0.15, -0.1) is 0 Å². The Balaban J connectivity index is 0.000000561. The van der Waals surface area contributed by atoms with E-state index in [9.17, 15) is 87.5 Å². The van der Waals surface area contributed by atoms with Crippen LogP contribution in [0, 0.1) is 21.7 Å². The maximum atomic E-state index is 12.2. The summed E-state index contributed by atoms with van der Waals surface area (Å²) in [6.45, 7) is 27.1. The first kappa shape index (κ1) is 79.5. The summed E-state index contributed by atoms with van der Waals surface area (Å²) >= 11 is 0. The van der Waals surface area contributed by atoms with E-state index >= 15 is 0 Å². The van der Waals surface area contributed by atoms with Gasteiger partial charge in [0.2, 0.25) is 0 Å². The van der Waals surface area contributed by atoms with Gasteiger partial charge < -0.3 is 49.1 Å². The molecule has 4 aliphatic rings. The van der Waals surface area contributed by atoms with Crippen LogP contribution < -0.4 is 20.4 Å². The molecule has 0 aromatic heterocycles. The number of hydrogen-bond donors (Lipinski definition) is 0. The number of hydrogen-bond acceptors (Lipinski definition) is 20. The number of carboxylic acids is 4. The summed E-state index contributed by atoms with van der Waals surface area (Å²) in [5, 5.41) is 45.3. The molecule has 4 aliphatic heterocycles. The molecule has 0 unspecified atom stereocenters. The number of aliphatic carboxylic acids is 4. The minimum Gasteiger partial charge on any atom is -0.548 e. The molecule has 2 radical (unpaired) electrons. The molecule has 0 fully saturated rings. The molecule has 90 heavy (non-hydrogen) atoms. The van der Waals surface area contributed by atoms with E-state index in [0.29, 0.717) is 13.2 Å². The van der Waals surface area contributed by atoms with E-state index in [-0.39, 0.29) is 95.4 Å². The monoisotopic (exact) mass is 1420 g/mol. The topological polar surface area (TPSA) is 363 Å². The van der Waals surface area contributed by atoms with Crippen molar-refractivity contribution in [1.82, 2.24) is 19.6 Å². The molecule has 8 rings (SSSR count). The molecule has 4 atom stereocenters. The van der Waals surface area contributed by atoms with Gasteiger partial charge in [0.15, 0.2) is 0 Å². The van der Waals surface area contributed by atoms with Crippen molar-refractivity contribution in [2.24, 2.45) is 21.7 Å². The molecule has 0 N–H and O–H groups in total. The number of carbonyl (C=O) groups is 14. The van der Waals surface area contributed by atoms with E-state index in [1.54, 1.807) is 145 Å². The molecular formula is C64H72N4O20Rh2. The van der Waals surface area contributed by atoms with Crippen LogP contribution in [0.4, 0.5) is 0 Å². The standard InChI is InChI=1S/4C14H15NO4.2C4H8O2.2Rh/c4*1-14(2,3)10(13(18)19)15-11(16)8-6-4-5-7-9(8)12(15)17;2*1-3-6-4(2)5;;/h4*4-7,10H,1-3H3,(H,18,19);2*3H2,1-2H3;;/q;;;;;;2*+2/p-4/t4*10-;;;;/m1111..../s1. The van der Waals surface area contributed by atoms with E-state index in [0.717, 1.165) is 19.6 Å². The fourth-order valence-electron chi connectivity index (χ4n) is 9.56. The Labute approximate surface area is 547 Å². The number of ether oxygens (including phenoxy) is 2. The van der Waals surface area contributed by atoms with Gasteiger partial charge in [-0.2, -0.15) is 0 Å². The summed E-state index contributed by atoms with van der Waals surface area (Å²) in [4.78, 5) is 166. The number of nitrogens with zero attached hydrogens (tertiary/aromatic N) is 4. The molecule has 486 valence electrons. The van der Waals surface area contributed by atoms with Crippen LogP contribution in [0.1, 0.15) is 194 Å². The van der Waals surface area contributed by atoms with E-state index in [4.69, 9.17) is 0 Å². The molecule has 0 spiro atoms. The number of imide groups is 4. The minimum absolute atomic E-state index is 0. The Morgan fingerprint density at radius 3 is 0.511 bits per heavy atom. The summed E-state index contributed by atoms with van der Waals surface area (Å²) in [6, 6.07) is 20.1. The van der Waals surface area contributed by atoms with Gasteiger partial charge in [0.1, 0.15) is 0 Å². The van der Waals surface area contributed by atoms with Gasteiger partial charge in [-0.1, -0.05) is 132 Å². The number of rotatable bonds is 10. The van der Waals surface area contributed by atoms with E-state index in [1.807, 2.05) is 0 Å². The third kappa shape index (κ3) is 18.8. The molecule has 0 saturated heterocycles. The number of fused-ring (bicyclic) bond motifs is 4. The van der Waals surface area contributed by atoms with Gasteiger partial charge in [-0.05, 0) is 84.0 Å². The fourth-order valence-corrected chi connectivity index (χ4v) is 9.56. The third-order valence-electron chi connectivity index (χ3n) is 13.2. The van der Waals surface area contributed by atoms with Gasteiger partial charge in [0.25, 0.3) is 47.3 Å². The zero-order chi connectivity index (χ0) is 67.5. The number of carbonyl (C=O) groups excluding carboxylic acids is 14. The molecule has 26 heteroatoms. The Bertz CT molecular complexity index is 2850. The predicted molar refractivity (Wildman–Crippen MR) is 305 cm³/mol. The van der Waals surface area contributed by atoms with Crippen LogP contribution >= 0.6 is 0 Å². The zero-order valence-corrected chi connectivity index (χ0v) is 55.9. The van der Waals surface area contributed by atoms with E-state index in [2.05, 4.69) is 9.47 Å². The van der Waals surface area contributed by atoms with E-state index in [1.165, 1.54) is 62.4 Å². The largest absolute Gasteiger partial charge is 2.00 e. The van der Waals surface area contributed by atoms with Crippen LogP contribution in [0.2, 0.25) is 0 Å².